The molecule has 5 heteroatoms. The summed E-state index contributed by atoms with van der Waals surface area (Å²) in [6.07, 6.45) is -0.487. The summed E-state index contributed by atoms with van der Waals surface area (Å²) in [6, 6.07) is 12.9. The molecule has 0 bridgehead atoms. The second-order valence-corrected chi connectivity index (χ2v) is 5.66. The number of aliphatic hydroxyl groups excluding tert-OH is 1. The van der Waals surface area contributed by atoms with Gasteiger partial charge in [0, 0.05) is 11.9 Å². The number of para-hydroxylation sites is 1. The molecule has 2 aromatic carbocycles. The molecule has 23 heavy (non-hydrogen) atoms. The Labute approximate surface area is 134 Å². The fourth-order valence-corrected chi connectivity index (χ4v) is 2.40. The van der Waals surface area contributed by atoms with E-state index in [1.807, 2.05) is 31.2 Å². The molecular weight excluding hydrogens is 290 g/mol. The van der Waals surface area contributed by atoms with E-state index >= 15 is 0 Å². The summed E-state index contributed by atoms with van der Waals surface area (Å²) >= 11 is 0. The lowest BCUT2D eigenvalue weighted by atomic mass is 10.1. The van der Waals surface area contributed by atoms with Crippen LogP contribution in [0.25, 0.3) is 22.3 Å². The van der Waals surface area contributed by atoms with Crippen molar-refractivity contribution in [3.8, 4) is 17.1 Å². The first kappa shape index (κ1) is 15.2. The smallest absolute Gasteiger partial charge is 0.165 e. The predicted octanol–water partition coefficient (Wildman–Crippen LogP) is 3.10. The predicted molar refractivity (Wildman–Crippen MR) is 91.5 cm³/mol. The van der Waals surface area contributed by atoms with Gasteiger partial charge in [-0.2, -0.15) is 0 Å². The maximum absolute atomic E-state index is 10.1. The van der Waals surface area contributed by atoms with Crippen molar-refractivity contribution in [1.29, 1.82) is 0 Å². The minimum atomic E-state index is -0.487. The molecule has 1 aromatic heterocycles. The number of rotatable bonds is 4. The monoisotopic (exact) mass is 309 g/mol. The number of phenolic OH excluding ortho intramolecular Hbond substituents is 1. The lowest BCUT2D eigenvalue weighted by Gasteiger charge is -2.13. The third kappa shape index (κ3) is 3.24. The Bertz CT molecular complexity index is 847. The third-order valence-corrected chi connectivity index (χ3v) is 3.56. The van der Waals surface area contributed by atoms with Gasteiger partial charge < -0.3 is 15.5 Å². The Morgan fingerprint density at radius 1 is 1.13 bits per heavy atom. The number of aromatic hydroxyl groups is 1. The maximum atomic E-state index is 10.1. The SMILES string of the molecule is Cc1ccc2c(NC[C@@H](C)O)nc(-c3ccccc3O)nc2c1. The van der Waals surface area contributed by atoms with Crippen LogP contribution in [0.3, 0.4) is 0 Å². The lowest BCUT2D eigenvalue weighted by Crippen LogP contribution is -2.16. The average molecular weight is 309 g/mol. The lowest BCUT2D eigenvalue weighted by molar-refractivity contribution is 0.208. The Kier molecular flexibility index (Phi) is 4.12. The summed E-state index contributed by atoms with van der Waals surface area (Å²) in [4.78, 5) is 9.12. The highest BCUT2D eigenvalue weighted by atomic mass is 16.3. The number of aliphatic hydroxyl groups is 1. The normalized spacial score (nSPS) is 12.3. The summed E-state index contributed by atoms with van der Waals surface area (Å²) in [5, 5.41) is 23.6. The van der Waals surface area contributed by atoms with Crippen LogP contribution in [-0.4, -0.2) is 32.8 Å². The standard InChI is InChI=1S/C18H19N3O2/c1-11-7-8-13-15(9-11)20-18(14-5-3-4-6-16(14)23)21-17(13)19-10-12(2)22/h3-9,12,22-23H,10H2,1-2H3,(H,19,20,21)/t12-/m1/s1. The van der Waals surface area contributed by atoms with Crippen molar-refractivity contribution in [2.75, 3.05) is 11.9 Å². The van der Waals surface area contributed by atoms with Crippen molar-refractivity contribution >= 4 is 16.7 Å². The number of anilines is 1. The van der Waals surface area contributed by atoms with E-state index in [-0.39, 0.29) is 5.75 Å². The molecule has 0 saturated heterocycles. The van der Waals surface area contributed by atoms with Gasteiger partial charge in [-0.3, -0.25) is 0 Å². The summed E-state index contributed by atoms with van der Waals surface area (Å²) in [6.45, 7) is 4.11. The number of nitrogens with zero attached hydrogens (tertiary/aromatic N) is 2. The Balaban J connectivity index is 2.17. The number of phenols is 1. The molecule has 0 saturated carbocycles. The van der Waals surface area contributed by atoms with Gasteiger partial charge in [-0.15, -0.1) is 0 Å². The van der Waals surface area contributed by atoms with Gasteiger partial charge in [0.05, 0.1) is 17.2 Å². The van der Waals surface area contributed by atoms with Crippen LogP contribution < -0.4 is 5.32 Å². The zero-order chi connectivity index (χ0) is 16.4. The first-order valence-electron chi connectivity index (χ1n) is 7.53. The van der Waals surface area contributed by atoms with Gasteiger partial charge in [0.25, 0.3) is 0 Å². The van der Waals surface area contributed by atoms with E-state index in [2.05, 4.69) is 15.3 Å². The first-order chi connectivity index (χ1) is 11.0. The number of hydrogen-bond donors (Lipinski definition) is 3. The molecule has 0 aliphatic carbocycles. The zero-order valence-electron chi connectivity index (χ0n) is 13.1. The highest BCUT2D eigenvalue weighted by molar-refractivity contribution is 5.91. The van der Waals surface area contributed by atoms with Crippen molar-refractivity contribution in [2.45, 2.75) is 20.0 Å². The van der Waals surface area contributed by atoms with Crippen LogP contribution in [0.4, 0.5) is 5.82 Å². The molecule has 3 N–H and O–H groups in total. The van der Waals surface area contributed by atoms with E-state index in [9.17, 15) is 10.2 Å². The second-order valence-electron chi connectivity index (χ2n) is 5.66. The molecule has 3 aromatic rings. The van der Waals surface area contributed by atoms with Crippen molar-refractivity contribution in [3.05, 3.63) is 48.0 Å². The van der Waals surface area contributed by atoms with Gasteiger partial charge in [-0.1, -0.05) is 18.2 Å². The number of aromatic nitrogens is 2. The summed E-state index contributed by atoms with van der Waals surface area (Å²) in [5.74, 6) is 1.24. The van der Waals surface area contributed by atoms with E-state index in [1.54, 1.807) is 25.1 Å². The van der Waals surface area contributed by atoms with E-state index < -0.39 is 6.10 Å². The van der Waals surface area contributed by atoms with Crippen molar-refractivity contribution < 1.29 is 10.2 Å². The van der Waals surface area contributed by atoms with E-state index in [0.717, 1.165) is 16.5 Å². The summed E-state index contributed by atoms with van der Waals surface area (Å²) in [7, 11) is 0. The number of aryl methyl sites for hydroxylation is 1. The van der Waals surface area contributed by atoms with Gasteiger partial charge in [0.2, 0.25) is 0 Å². The van der Waals surface area contributed by atoms with Crippen LogP contribution in [0.15, 0.2) is 42.5 Å². The fourth-order valence-electron chi connectivity index (χ4n) is 2.40. The number of hydrogen-bond acceptors (Lipinski definition) is 5. The van der Waals surface area contributed by atoms with Crippen molar-refractivity contribution in [1.82, 2.24) is 9.97 Å². The number of fused-ring (bicyclic) bond motifs is 1. The Morgan fingerprint density at radius 3 is 2.65 bits per heavy atom. The minimum absolute atomic E-state index is 0.140. The zero-order valence-corrected chi connectivity index (χ0v) is 13.1. The largest absolute Gasteiger partial charge is 0.507 e. The fraction of sp³-hybridized carbons (Fsp3) is 0.222. The molecule has 0 aliphatic heterocycles. The van der Waals surface area contributed by atoms with E-state index in [0.29, 0.717) is 23.8 Å². The van der Waals surface area contributed by atoms with Crippen LogP contribution in [-0.2, 0) is 0 Å². The minimum Gasteiger partial charge on any atom is -0.507 e. The van der Waals surface area contributed by atoms with Gasteiger partial charge in [-0.25, -0.2) is 9.97 Å². The Hall–Kier alpha value is -2.66. The van der Waals surface area contributed by atoms with E-state index in [4.69, 9.17) is 0 Å². The second kappa shape index (κ2) is 6.22. The van der Waals surface area contributed by atoms with Gasteiger partial charge in [0.1, 0.15) is 11.6 Å². The first-order valence-corrected chi connectivity index (χ1v) is 7.53. The van der Waals surface area contributed by atoms with Crippen LogP contribution >= 0.6 is 0 Å². The highest BCUT2D eigenvalue weighted by Gasteiger charge is 2.12. The topological polar surface area (TPSA) is 78.3 Å². The molecule has 118 valence electrons. The molecule has 5 nitrogen and oxygen atoms in total. The highest BCUT2D eigenvalue weighted by Crippen LogP contribution is 2.30. The molecule has 1 heterocycles. The molecule has 0 radical (unpaired) electrons. The molecule has 0 fully saturated rings. The number of benzene rings is 2. The van der Waals surface area contributed by atoms with Crippen LogP contribution in [0.1, 0.15) is 12.5 Å². The molecule has 1 atom stereocenters. The van der Waals surface area contributed by atoms with Crippen molar-refractivity contribution in [2.24, 2.45) is 0 Å². The average Bonchev–Trinajstić information content (AvgIpc) is 2.52. The molecule has 0 aliphatic rings. The summed E-state index contributed by atoms with van der Waals surface area (Å²) in [5.41, 5.74) is 2.48. The van der Waals surface area contributed by atoms with Gasteiger partial charge in [0.15, 0.2) is 5.82 Å². The quantitative estimate of drug-likeness (QED) is 0.690. The van der Waals surface area contributed by atoms with Gasteiger partial charge in [-0.05, 0) is 43.7 Å². The number of nitrogens with one attached hydrogen (secondary N) is 1. The molecule has 0 unspecified atom stereocenters. The molecule has 0 amide bonds. The molecule has 3 rings (SSSR count). The summed E-state index contributed by atoms with van der Waals surface area (Å²) < 4.78 is 0. The maximum Gasteiger partial charge on any atom is 0.165 e. The van der Waals surface area contributed by atoms with Crippen molar-refractivity contribution in [3.63, 3.8) is 0 Å². The third-order valence-electron chi connectivity index (χ3n) is 3.56. The van der Waals surface area contributed by atoms with Crippen LogP contribution in [0.2, 0.25) is 0 Å². The van der Waals surface area contributed by atoms with E-state index in [1.165, 1.54) is 0 Å². The molecule has 0 spiro atoms. The van der Waals surface area contributed by atoms with Crippen LogP contribution in [0.5, 0.6) is 5.75 Å². The van der Waals surface area contributed by atoms with Gasteiger partial charge >= 0.3 is 0 Å². The molecular formula is C18H19N3O2. The van der Waals surface area contributed by atoms with Crippen LogP contribution in [0, 0.1) is 6.92 Å². The Morgan fingerprint density at radius 2 is 1.91 bits per heavy atom.